The monoisotopic (exact) mass is 220 g/mol. The third-order valence-corrected chi connectivity index (χ3v) is 2.88. The Balaban J connectivity index is 3.06. The predicted molar refractivity (Wildman–Crippen MR) is 51.1 cm³/mol. The van der Waals surface area contributed by atoms with Gasteiger partial charge in [0, 0.05) is 14.2 Å². The van der Waals surface area contributed by atoms with Gasteiger partial charge in [-0.05, 0) is 6.42 Å². The molecule has 1 saturated heterocycles. The van der Waals surface area contributed by atoms with Crippen LogP contribution >= 0.6 is 11.6 Å². The maximum atomic E-state index is 11.6. The van der Waals surface area contributed by atoms with Crippen LogP contribution in [-0.2, 0) is 19.0 Å². The Kier molecular flexibility index (Phi) is 3.32. The van der Waals surface area contributed by atoms with Crippen LogP contribution in [0, 0.1) is 0 Å². The molecular formula is C9H13ClO4. The summed E-state index contributed by atoms with van der Waals surface area (Å²) in [4.78, 5) is 10.2. The number of hydrogen-bond acceptors (Lipinski definition) is 4. The fourth-order valence-electron chi connectivity index (χ4n) is 1.52. The summed E-state index contributed by atoms with van der Waals surface area (Å²) in [5.74, 6) is -1.76. The van der Waals surface area contributed by atoms with Crippen molar-refractivity contribution < 1.29 is 19.0 Å². The van der Waals surface area contributed by atoms with Gasteiger partial charge in [0.2, 0.25) is 0 Å². The van der Waals surface area contributed by atoms with E-state index >= 15 is 0 Å². The van der Waals surface area contributed by atoms with Crippen LogP contribution in [-0.4, -0.2) is 37.5 Å². The zero-order valence-electron chi connectivity index (χ0n) is 8.21. The van der Waals surface area contributed by atoms with Gasteiger partial charge in [0.05, 0.1) is 0 Å². The zero-order chi connectivity index (χ0) is 10.8. The van der Waals surface area contributed by atoms with E-state index in [0.717, 1.165) is 0 Å². The molecule has 0 bridgehead atoms. The van der Waals surface area contributed by atoms with Gasteiger partial charge in [-0.25, -0.2) is 0 Å². The Labute approximate surface area is 87.8 Å². The van der Waals surface area contributed by atoms with E-state index in [4.69, 9.17) is 25.8 Å². The van der Waals surface area contributed by atoms with Crippen LogP contribution in [0.3, 0.4) is 0 Å². The van der Waals surface area contributed by atoms with E-state index in [0.29, 0.717) is 0 Å². The number of ketones is 1. The second kappa shape index (κ2) is 3.98. The normalized spacial score (nSPS) is 30.6. The van der Waals surface area contributed by atoms with Gasteiger partial charge in [-0.15, -0.1) is 18.2 Å². The summed E-state index contributed by atoms with van der Waals surface area (Å²) in [5, 5.41) is 0. The third-order valence-electron chi connectivity index (χ3n) is 2.28. The zero-order valence-corrected chi connectivity index (χ0v) is 8.97. The number of rotatable bonds is 4. The first-order chi connectivity index (χ1) is 6.56. The van der Waals surface area contributed by atoms with Gasteiger partial charge in [-0.3, -0.25) is 4.79 Å². The van der Waals surface area contributed by atoms with E-state index in [1.807, 2.05) is 0 Å². The molecule has 0 N–H and O–H groups in total. The summed E-state index contributed by atoms with van der Waals surface area (Å²) in [5.41, 5.74) is 0. The van der Waals surface area contributed by atoms with Crippen molar-refractivity contribution in [2.75, 3.05) is 20.8 Å². The molecule has 1 heterocycles. The molecule has 1 aliphatic rings. The molecule has 0 aromatic heterocycles. The van der Waals surface area contributed by atoms with Crippen LogP contribution in [0.15, 0.2) is 12.7 Å². The molecule has 14 heavy (non-hydrogen) atoms. The molecule has 0 spiro atoms. The highest BCUT2D eigenvalue weighted by atomic mass is 35.5. The van der Waals surface area contributed by atoms with Crippen LogP contribution in [0.5, 0.6) is 0 Å². The molecule has 1 fully saturated rings. The number of halogens is 1. The second-order valence-electron chi connectivity index (χ2n) is 2.97. The van der Waals surface area contributed by atoms with Crippen LogP contribution in [0.4, 0.5) is 0 Å². The van der Waals surface area contributed by atoms with Crippen molar-refractivity contribution >= 4 is 17.4 Å². The number of carbonyl (C=O) groups is 1. The number of carbonyl (C=O) groups excluding carboxylic acids is 1. The van der Waals surface area contributed by atoms with Crippen LogP contribution in [0.1, 0.15) is 6.42 Å². The standard InChI is InChI=1S/C9H13ClO4/c1-4-5-8(10)7(11)6-14-9(8,12-2)13-3/h4H,1,5-6H2,2-3H3. The van der Waals surface area contributed by atoms with Crippen molar-refractivity contribution in [1.29, 1.82) is 0 Å². The SMILES string of the molecule is C=CCC1(Cl)C(=O)COC1(OC)OC. The summed E-state index contributed by atoms with van der Waals surface area (Å²) in [6, 6.07) is 0. The number of allylic oxidation sites excluding steroid dienone is 1. The predicted octanol–water partition coefficient (Wildman–Crippen LogP) is 1.09. The van der Waals surface area contributed by atoms with E-state index < -0.39 is 10.8 Å². The number of hydrogen-bond donors (Lipinski definition) is 0. The fourth-order valence-corrected chi connectivity index (χ4v) is 1.90. The van der Waals surface area contributed by atoms with Crippen molar-refractivity contribution in [3.63, 3.8) is 0 Å². The number of ether oxygens (including phenoxy) is 3. The summed E-state index contributed by atoms with van der Waals surface area (Å²) in [6.07, 6.45) is 1.77. The number of Topliss-reactive ketones (excluding diaryl/α,β-unsaturated/α-hetero) is 1. The Hall–Kier alpha value is -0.420. The first-order valence-corrected chi connectivity index (χ1v) is 4.51. The van der Waals surface area contributed by atoms with Crippen molar-refractivity contribution in [3.8, 4) is 0 Å². The lowest BCUT2D eigenvalue weighted by atomic mass is 9.99. The third kappa shape index (κ3) is 1.39. The van der Waals surface area contributed by atoms with Gasteiger partial charge in [0.1, 0.15) is 6.61 Å². The van der Waals surface area contributed by atoms with Crippen molar-refractivity contribution in [3.05, 3.63) is 12.7 Å². The summed E-state index contributed by atoms with van der Waals surface area (Å²) in [6.45, 7) is 3.42. The molecule has 0 saturated carbocycles. The molecule has 0 radical (unpaired) electrons. The molecule has 4 nitrogen and oxygen atoms in total. The van der Waals surface area contributed by atoms with Gasteiger partial charge in [0.15, 0.2) is 10.7 Å². The molecule has 0 aliphatic carbocycles. The number of alkyl halides is 1. The van der Waals surface area contributed by atoms with E-state index in [2.05, 4.69) is 6.58 Å². The lowest BCUT2D eigenvalue weighted by Crippen LogP contribution is -2.53. The van der Waals surface area contributed by atoms with Gasteiger partial charge in [-0.2, -0.15) is 0 Å². The van der Waals surface area contributed by atoms with Gasteiger partial charge < -0.3 is 14.2 Å². The molecule has 5 heteroatoms. The van der Waals surface area contributed by atoms with Crippen molar-refractivity contribution in [1.82, 2.24) is 0 Å². The Morgan fingerprint density at radius 2 is 2.21 bits per heavy atom. The highest BCUT2D eigenvalue weighted by Crippen LogP contribution is 2.43. The molecule has 80 valence electrons. The lowest BCUT2D eigenvalue weighted by Gasteiger charge is -2.34. The molecule has 1 unspecified atom stereocenters. The quantitative estimate of drug-likeness (QED) is 0.404. The van der Waals surface area contributed by atoms with E-state index in [-0.39, 0.29) is 18.8 Å². The first-order valence-electron chi connectivity index (χ1n) is 4.13. The minimum Gasteiger partial charge on any atom is -0.329 e. The van der Waals surface area contributed by atoms with Crippen LogP contribution in [0.2, 0.25) is 0 Å². The first kappa shape index (κ1) is 11.7. The van der Waals surface area contributed by atoms with Gasteiger partial charge in [0.25, 0.3) is 0 Å². The van der Waals surface area contributed by atoms with Crippen LogP contribution < -0.4 is 0 Å². The van der Waals surface area contributed by atoms with Crippen LogP contribution in [0.25, 0.3) is 0 Å². The molecule has 0 aromatic rings. The summed E-state index contributed by atoms with van der Waals surface area (Å²) in [7, 11) is 2.75. The minimum atomic E-state index is -1.50. The van der Waals surface area contributed by atoms with Crippen molar-refractivity contribution in [2.45, 2.75) is 17.3 Å². The maximum Gasteiger partial charge on any atom is 0.311 e. The lowest BCUT2D eigenvalue weighted by molar-refractivity contribution is -0.352. The Bertz CT molecular complexity index is 249. The maximum absolute atomic E-state index is 11.6. The second-order valence-corrected chi connectivity index (χ2v) is 3.62. The fraction of sp³-hybridized carbons (Fsp3) is 0.667. The molecule has 1 aliphatic heterocycles. The van der Waals surface area contributed by atoms with E-state index in [9.17, 15) is 4.79 Å². The van der Waals surface area contributed by atoms with Crippen molar-refractivity contribution in [2.24, 2.45) is 0 Å². The topological polar surface area (TPSA) is 44.8 Å². The van der Waals surface area contributed by atoms with E-state index in [1.165, 1.54) is 20.3 Å². The molecule has 1 rings (SSSR count). The Morgan fingerprint density at radius 1 is 1.64 bits per heavy atom. The Morgan fingerprint density at radius 3 is 2.64 bits per heavy atom. The molecule has 0 aromatic carbocycles. The summed E-state index contributed by atoms with van der Waals surface area (Å²) >= 11 is 6.15. The number of methoxy groups -OCH3 is 2. The molecule has 0 amide bonds. The smallest absolute Gasteiger partial charge is 0.311 e. The molecule has 1 atom stereocenters. The molecular weight excluding hydrogens is 208 g/mol. The minimum absolute atomic E-state index is 0.112. The average Bonchev–Trinajstić information content (AvgIpc) is 2.42. The largest absolute Gasteiger partial charge is 0.329 e. The van der Waals surface area contributed by atoms with E-state index in [1.54, 1.807) is 0 Å². The summed E-state index contributed by atoms with van der Waals surface area (Å²) < 4.78 is 15.2. The van der Waals surface area contributed by atoms with Gasteiger partial charge in [-0.1, -0.05) is 6.08 Å². The van der Waals surface area contributed by atoms with Gasteiger partial charge >= 0.3 is 5.97 Å². The highest BCUT2D eigenvalue weighted by molar-refractivity contribution is 6.37. The average molecular weight is 221 g/mol. The highest BCUT2D eigenvalue weighted by Gasteiger charge is 2.63.